The lowest BCUT2D eigenvalue weighted by Crippen LogP contribution is -2.46. The molecule has 1 saturated heterocycles. The van der Waals surface area contributed by atoms with Gasteiger partial charge in [0.15, 0.2) is 6.10 Å². The third kappa shape index (κ3) is 5.68. The Kier molecular flexibility index (Phi) is 7.07. The zero-order valence-corrected chi connectivity index (χ0v) is 16.4. The molecule has 1 aliphatic heterocycles. The molecule has 3 rings (SSSR count). The van der Waals surface area contributed by atoms with Crippen molar-refractivity contribution in [2.75, 3.05) is 13.1 Å². The van der Waals surface area contributed by atoms with Gasteiger partial charge in [-0.3, -0.25) is 9.78 Å². The lowest BCUT2D eigenvalue weighted by atomic mass is 10.1. The Balaban J connectivity index is 1.76. The summed E-state index contributed by atoms with van der Waals surface area (Å²) in [7, 11) is 0. The molecule has 144 valence electrons. The van der Waals surface area contributed by atoms with Crippen molar-refractivity contribution >= 4 is 17.5 Å². The van der Waals surface area contributed by atoms with E-state index in [0.29, 0.717) is 17.3 Å². The van der Waals surface area contributed by atoms with E-state index in [1.807, 2.05) is 35.2 Å². The summed E-state index contributed by atoms with van der Waals surface area (Å²) in [5.74, 6) is 0.580. The minimum absolute atomic E-state index is 0.0208. The highest BCUT2D eigenvalue weighted by Crippen LogP contribution is 2.21. The van der Waals surface area contributed by atoms with Crippen LogP contribution in [0.3, 0.4) is 0 Å². The zero-order valence-electron chi connectivity index (χ0n) is 15.6. The second-order valence-electron chi connectivity index (χ2n) is 6.84. The van der Waals surface area contributed by atoms with Crippen LogP contribution in [0.1, 0.15) is 31.9 Å². The van der Waals surface area contributed by atoms with Gasteiger partial charge in [0, 0.05) is 17.3 Å². The molecule has 2 atom stereocenters. The molecule has 2 unspecified atom stereocenters. The Hall–Kier alpha value is -2.11. The molecular formula is C21H26ClN3O2. The number of nitrogens with one attached hydrogen (secondary N) is 1. The first-order chi connectivity index (χ1) is 13.1. The van der Waals surface area contributed by atoms with Crippen LogP contribution >= 0.6 is 11.6 Å². The van der Waals surface area contributed by atoms with Gasteiger partial charge in [0.25, 0.3) is 5.91 Å². The molecule has 27 heavy (non-hydrogen) atoms. The minimum Gasteiger partial charge on any atom is -0.481 e. The van der Waals surface area contributed by atoms with Gasteiger partial charge in [-0.25, -0.2) is 0 Å². The van der Waals surface area contributed by atoms with Crippen molar-refractivity contribution in [3.63, 3.8) is 0 Å². The largest absolute Gasteiger partial charge is 0.481 e. The maximum Gasteiger partial charge on any atom is 0.263 e. The number of rotatable bonds is 6. The van der Waals surface area contributed by atoms with Crippen molar-refractivity contribution in [1.29, 1.82) is 0 Å². The number of ether oxygens (including phenoxy) is 1. The molecule has 1 aromatic carbocycles. The predicted molar refractivity (Wildman–Crippen MR) is 107 cm³/mol. The topological polar surface area (TPSA) is 54.5 Å². The highest BCUT2D eigenvalue weighted by atomic mass is 35.5. The summed E-state index contributed by atoms with van der Waals surface area (Å²) in [6, 6.07) is 13.1. The van der Waals surface area contributed by atoms with E-state index in [2.05, 4.69) is 10.3 Å². The monoisotopic (exact) mass is 387 g/mol. The first-order valence-corrected chi connectivity index (χ1v) is 9.84. The number of pyridine rings is 1. The maximum atomic E-state index is 13.3. The molecule has 6 heteroatoms. The van der Waals surface area contributed by atoms with Crippen LogP contribution in [-0.4, -0.2) is 41.0 Å². The third-order valence-corrected chi connectivity index (χ3v) is 5.02. The Morgan fingerprint density at radius 3 is 2.96 bits per heavy atom. The molecule has 0 bridgehead atoms. The number of carbonyl (C=O) groups excluding carboxylic acids is 1. The molecule has 1 fully saturated rings. The molecule has 2 aromatic rings. The van der Waals surface area contributed by atoms with Crippen molar-refractivity contribution < 1.29 is 9.53 Å². The van der Waals surface area contributed by atoms with Crippen LogP contribution in [0.4, 0.5) is 0 Å². The van der Waals surface area contributed by atoms with Gasteiger partial charge >= 0.3 is 0 Å². The molecular weight excluding hydrogens is 362 g/mol. The molecule has 1 amide bonds. The number of benzene rings is 1. The van der Waals surface area contributed by atoms with Crippen molar-refractivity contribution in [2.45, 2.75) is 44.9 Å². The van der Waals surface area contributed by atoms with Gasteiger partial charge < -0.3 is 15.0 Å². The number of hydrogen-bond acceptors (Lipinski definition) is 4. The summed E-state index contributed by atoms with van der Waals surface area (Å²) in [6.07, 6.45) is 4.14. The van der Waals surface area contributed by atoms with Crippen molar-refractivity contribution in [3.05, 3.63) is 59.4 Å². The van der Waals surface area contributed by atoms with Gasteiger partial charge in [-0.1, -0.05) is 23.7 Å². The van der Waals surface area contributed by atoms with Crippen LogP contribution < -0.4 is 10.1 Å². The summed E-state index contributed by atoms with van der Waals surface area (Å²) in [4.78, 5) is 19.6. The summed E-state index contributed by atoms with van der Waals surface area (Å²) in [6.45, 7) is 4.20. The Morgan fingerprint density at radius 1 is 1.30 bits per heavy atom. The first-order valence-electron chi connectivity index (χ1n) is 9.47. The number of aromatic nitrogens is 1. The van der Waals surface area contributed by atoms with Crippen LogP contribution in [0.25, 0.3) is 0 Å². The van der Waals surface area contributed by atoms with Gasteiger partial charge in [0.1, 0.15) is 5.75 Å². The standard InChI is InChI=1S/C21H26ClN3O2/c1-16(27-20-9-4-6-17(22)14-20)21(26)25(15-18-7-2-3-12-24-18)19-8-5-11-23-13-10-19/h2-4,6-7,9,12,14,16,19,23H,5,8,10-11,13,15H2,1H3. The Morgan fingerprint density at radius 2 is 2.19 bits per heavy atom. The zero-order chi connectivity index (χ0) is 19.1. The summed E-state index contributed by atoms with van der Waals surface area (Å²) >= 11 is 6.03. The van der Waals surface area contributed by atoms with Gasteiger partial charge in [0.2, 0.25) is 0 Å². The van der Waals surface area contributed by atoms with E-state index in [-0.39, 0.29) is 11.9 Å². The Bertz CT molecular complexity index is 733. The number of hydrogen-bond donors (Lipinski definition) is 1. The summed E-state index contributed by atoms with van der Waals surface area (Å²) in [5.41, 5.74) is 0.887. The molecule has 1 aromatic heterocycles. The highest BCUT2D eigenvalue weighted by molar-refractivity contribution is 6.30. The van der Waals surface area contributed by atoms with E-state index >= 15 is 0 Å². The molecule has 1 aliphatic rings. The first kappa shape index (κ1) is 19.6. The van der Waals surface area contributed by atoms with E-state index in [1.54, 1.807) is 25.3 Å². The molecule has 0 saturated carbocycles. The number of amides is 1. The number of halogens is 1. The van der Waals surface area contributed by atoms with E-state index in [9.17, 15) is 4.79 Å². The van der Waals surface area contributed by atoms with Crippen LogP contribution in [0.5, 0.6) is 5.75 Å². The average molecular weight is 388 g/mol. The Labute approximate surface area is 165 Å². The van der Waals surface area contributed by atoms with E-state index < -0.39 is 6.10 Å². The molecule has 0 radical (unpaired) electrons. The van der Waals surface area contributed by atoms with Gasteiger partial charge in [-0.2, -0.15) is 0 Å². The number of carbonyl (C=O) groups is 1. The van der Waals surface area contributed by atoms with E-state index in [4.69, 9.17) is 16.3 Å². The fraction of sp³-hybridized carbons (Fsp3) is 0.429. The summed E-state index contributed by atoms with van der Waals surface area (Å²) < 4.78 is 5.89. The normalized spacial score (nSPS) is 18.4. The van der Waals surface area contributed by atoms with Crippen LogP contribution in [-0.2, 0) is 11.3 Å². The number of nitrogens with zero attached hydrogens (tertiary/aromatic N) is 2. The van der Waals surface area contributed by atoms with Crippen molar-refractivity contribution in [1.82, 2.24) is 15.2 Å². The molecule has 2 heterocycles. The van der Waals surface area contributed by atoms with Crippen molar-refractivity contribution in [2.24, 2.45) is 0 Å². The maximum absolute atomic E-state index is 13.3. The minimum atomic E-state index is -0.594. The third-order valence-electron chi connectivity index (χ3n) is 4.78. The van der Waals surface area contributed by atoms with Crippen molar-refractivity contribution in [3.8, 4) is 5.75 Å². The second kappa shape index (κ2) is 9.72. The highest BCUT2D eigenvalue weighted by Gasteiger charge is 2.29. The van der Waals surface area contributed by atoms with Gasteiger partial charge in [-0.15, -0.1) is 0 Å². The summed E-state index contributed by atoms with van der Waals surface area (Å²) in [5, 5.41) is 4.00. The molecule has 5 nitrogen and oxygen atoms in total. The van der Waals surface area contributed by atoms with Gasteiger partial charge in [-0.05, 0) is 69.6 Å². The SMILES string of the molecule is CC(Oc1cccc(Cl)c1)C(=O)N(Cc1ccccn1)C1CCCNCC1. The predicted octanol–water partition coefficient (Wildman–Crippen LogP) is 3.67. The van der Waals surface area contributed by atoms with Crippen LogP contribution in [0, 0.1) is 0 Å². The molecule has 1 N–H and O–H groups in total. The van der Waals surface area contributed by atoms with Gasteiger partial charge in [0.05, 0.1) is 12.2 Å². The fourth-order valence-corrected chi connectivity index (χ4v) is 3.57. The molecule has 0 spiro atoms. The lowest BCUT2D eigenvalue weighted by molar-refractivity contribution is -0.141. The fourth-order valence-electron chi connectivity index (χ4n) is 3.39. The second-order valence-corrected chi connectivity index (χ2v) is 7.28. The lowest BCUT2D eigenvalue weighted by Gasteiger charge is -2.33. The van der Waals surface area contributed by atoms with E-state index in [0.717, 1.165) is 38.0 Å². The average Bonchev–Trinajstić information content (AvgIpc) is 2.96. The van der Waals surface area contributed by atoms with E-state index in [1.165, 1.54) is 0 Å². The molecule has 0 aliphatic carbocycles. The van der Waals surface area contributed by atoms with Crippen LogP contribution in [0.15, 0.2) is 48.7 Å². The quantitative estimate of drug-likeness (QED) is 0.821. The van der Waals surface area contributed by atoms with Crippen LogP contribution in [0.2, 0.25) is 5.02 Å². The smallest absolute Gasteiger partial charge is 0.263 e.